The molecule has 1 rings (SSSR count). The lowest BCUT2D eigenvalue weighted by molar-refractivity contribution is 0.846. The molecule has 1 N–H and O–H groups in total. The summed E-state index contributed by atoms with van der Waals surface area (Å²) >= 11 is 0. The molecule has 0 aliphatic heterocycles. The third-order valence-electron chi connectivity index (χ3n) is 2.64. The van der Waals surface area contributed by atoms with E-state index in [2.05, 4.69) is 21.4 Å². The van der Waals surface area contributed by atoms with E-state index in [1.807, 2.05) is 32.8 Å². The standard InChI is InChI=1S/C12H19N5/c1-5-10-15-11(14-3)9(2)12(16-10)17(4)8-6-7-13/h5-6,8H2,1-4H3,(H,14,15,16). The van der Waals surface area contributed by atoms with Crippen molar-refractivity contribution in [1.82, 2.24) is 9.97 Å². The minimum atomic E-state index is 0.496. The van der Waals surface area contributed by atoms with Crippen molar-refractivity contribution in [3.05, 3.63) is 11.4 Å². The SMILES string of the molecule is CCc1nc(NC)c(C)c(N(C)CCC#N)n1. The highest BCUT2D eigenvalue weighted by molar-refractivity contribution is 5.58. The monoisotopic (exact) mass is 233 g/mol. The number of rotatable bonds is 5. The summed E-state index contributed by atoms with van der Waals surface area (Å²) in [7, 11) is 3.80. The summed E-state index contributed by atoms with van der Waals surface area (Å²) in [4.78, 5) is 10.9. The van der Waals surface area contributed by atoms with Crippen LogP contribution in [-0.4, -0.2) is 30.6 Å². The zero-order chi connectivity index (χ0) is 12.8. The topological polar surface area (TPSA) is 64.8 Å². The second-order valence-electron chi connectivity index (χ2n) is 3.87. The van der Waals surface area contributed by atoms with Crippen LogP contribution in [0.25, 0.3) is 0 Å². The van der Waals surface area contributed by atoms with Gasteiger partial charge in [0, 0.05) is 32.6 Å². The Bertz CT molecular complexity index is 422. The predicted octanol–water partition coefficient (Wildman–Crippen LogP) is 1.74. The molecule has 0 aliphatic carbocycles. The molecule has 0 aliphatic rings. The number of nitrogens with one attached hydrogen (secondary N) is 1. The van der Waals surface area contributed by atoms with E-state index in [4.69, 9.17) is 5.26 Å². The largest absolute Gasteiger partial charge is 0.373 e. The third-order valence-corrected chi connectivity index (χ3v) is 2.64. The maximum absolute atomic E-state index is 8.61. The van der Waals surface area contributed by atoms with Crippen LogP contribution in [0.3, 0.4) is 0 Å². The fourth-order valence-corrected chi connectivity index (χ4v) is 1.65. The number of aromatic nitrogens is 2. The number of nitrogens with zero attached hydrogens (tertiary/aromatic N) is 4. The van der Waals surface area contributed by atoms with Crippen LogP contribution in [0.1, 0.15) is 24.7 Å². The van der Waals surface area contributed by atoms with Crippen molar-refractivity contribution in [2.75, 3.05) is 30.9 Å². The Balaban J connectivity index is 3.08. The lowest BCUT2D eigenvalue weighted by atomic mass is 10.2. The molecule has 17 heavy (non-hydrogen) atoms. The van der Waals surface area contributed by atoms with E-state index in [1.54, 1.807) is 0 Å². The maximum Gasteiger partial charge on any atom is 0.137 e. The minimum Gasteiger partial charge on any atom is -0.373 e. The van der Waals surface area contributed by atoms with Crippen LogP contribution >= 0.6 is 0 Å². The van der Waals surface area contributed by atoms with Crippen LogP contribution in [0.4, 0.5) is 11.6 Å². The molecule has 0 aromatic carbocycles. The van der Waals surface area contributed by atoms with Gasteiger partial charge in [-0.15, -0.1) is 0 Å². The molecule has 1 aromatic rings. The van der Waals surface area contributed by atoms with Gasteiger partial charge in [0.2, 0.25) is 0 Å². The van der Waals surface area contributed by atoms with Gasteiger partial charge in [0.1, 0.15) is 17.5 Å². The van der Waals surface area contributed by atoms with Gasteiger partial charge in [0.05, 0.1) is 12.5 Å². The molecule has 0 atom stereocenters. The average Bonchev–Trinajstić information content (AvgIpc) is 2.36. The summed E-state index contributed by atoms with van der Waals surface area (Å²) in [5.41, 5.74) is 1.02. The van der Waals surface area contributed by atoms with Crippen molar-refractivity contribution < 1.29 is 0 Å². The van der Waals surface area contributed by atoms with Crippen molar-refractivity contribution in [3.63, 3.8) is 0 Å². The molecule has 1 aromatic heterocycles. The van der Waals surface area contributed by atoms with Gasteiger partial charge >= 0.3 is 0 Å². The Morgan fingerprint density at radius 2 is 2.12 bits per heavy atom. The van der Waals surface area contributed by atoms with Gasteiger partial charge in [0.15, 0.2) is 0 Å². The number of nitriles is 1. The lowest BCUT2D eigenvalue weighted by Crippen LogP contribution is -2.22. The summed E-state index contributed by atoms with van der Waals surface area (Å²) in [6.45, 7) is 4.70. The van der Waals surface area contributed by atoms with Gasteiger partial charge in [-0.3, -0.25) is 0 Å². The van der Waals surface area contributed by atoms with Crippen LogP contribution in [0, 0.1) is 18.3 Å². The Morgan fingerprint density at radius 1 is 1.41 bits per heavy atom. The quantitative estimate of drug-likeness (QED) is 0.839. The second kappa shape index (κ2) is 6.04. The molecule has 0 saturated heterocycles. The summed E-state index contributed by atoms with van der Waals surface area (Å²) < 4.78 is 0. The second-order valence-corrected chi connectivity index (χ2v) is 3.87. The van der Waals surface area contributed by atoms with Crippen molar-refractivity contribution >= 4 is 11.6 Å². The molecule has 0 saturated carbocycles. The number of hydrogen-bond donors (Lipinski definition) is 1. The Hall–Kier alpha value is -1.83. The molecule has 5 nitrogen and oxygen atoms in total. The Kier molecular flexibility index (Phi) is 4.70. The highest BCUT2D eigenvalue weighted by Crippen LogP contribution is 2.22. The van der Waals surface area contributed by atoms with Gasteiger partial charge in [-0.2, -0.15) is 5.26 Å². The van der Waals surface area contributed by atoms with Crippen LogP contribution in [-0.2, 0) is 6.42 Å². The van der Waals surface area contributed by atoms with Crippen molar-refractivity contribution in [1.29, 1.82) is 5.26 Å². The van der Waals surface area contributed by atoms with Gasteiger partial charge in [-0.25, -0.2) is 9.97 Å². The fourth-order valence-electron chi connectivity index (χ4n) is 1.65. The number of aryl methyl sites for hydroxylation is 1. The molecule has 0 bridgehead atoms. The highest BCUT2D eigenvalue weighted by Gasteiger charge is 2.12. The van der Waals surface area contributed by atoms with Crippen LogP contribution in [0.15, 0.2) is 0 Å². The average molecular weight is 233 g/mol. The molecular formula is C12H19N5. The molecule has 92 valence electrons. The van der Waals surface area contributed by atoms with E-state index in [0.29, 0.717) is 13.0 Å². The Morgan fingerprint density at radius 3 is 2.65 bits per heavy atom. The van der Waals surface area contributed by atoms with Gasteiger partial charge in [-0.05, 0) is 6.92 Å². The normalized spacial score (nSPS) is 9.82. The molecule has 0 amide bonds. The van der Waals surface area contributed by atoms with Crippen LogP contribution in [0.2, 0.25) is 0 Å². The first-order valence-electron chi connectivity index (χ1n) is 5.77. The van der Waals surface area contributed by atoms with Gasteiger partial charge < -0.3 is 10.2 Å². The van der Waals surface area contributed by atoms with E-state index in [1.165, 1.54) is 0 Å². The van der Waals surface area contributed by atoms with Crippen molar-refractivity contribution in [3.8, 4) is 6.07 Å². The predicted molar refractivity (Wildman–Crippen MR) is 69.2 cm³/mol. The highest BCUT2D eigenvalue weighted by atomic mass is 15.2. The van der Waals surface area contributed by atoms with E-state index >= 15 is 0 Å². The van der Waals surface area contributed by atoms with E-state index in [9.17, 15) is 0 Å². The van der Waals surface area contributed by atoms with Crippen molar-refractivity contribution in [2.45, 2.75) is 26.7 Å². The molecule has 0 radical (unpaired) electrons. The first kappa shape index (κ1) is 13.2. The van der Waals surface area contributed by atoms with Crippen molar-refractivity contribution in [2.24, 2.45) is 0 Å². The number of hydrogen-bond acceptors (Lipinski definition) is 5. The van der Waals surface area contributed by atoms with Crippen LogP contribution in [0.5, 0.6) is 0 Å². The summed E-state index contributed by atoms with van der Waals surface area (Å²) in [5.74, 6) is 2.57. The first-order valence-corrected chi connectivity index (χ1v) is 5.77. The van der Waals surface area contributed by atoms with Crippen LogP contribution < -0.4 is 10.2 Å². The Labute approximate surface area is 102 Å². The molecule has 1 heterocycles. The fraction of sp³-hybridized carbons (Fsp3) is 0.583. The van der Waals surface area contributed by atoms with E-state index in [-0.39, 0.29) is 0 Å². The minimum absolute atomic E-state index is 0.496. The van der Waals surface area contributed by atoms with E-state index in [0.717, 1.165) is 29.4 Å². The molecule has 0 fully saturated rings. The number of anilines is 2. The molecular weight excluding hydrogens is 214 g/mol. The summed E-state index contributed by atoms with van der Waals surface area (Å²) in [6, 6.07) is 2.14. The summed E-state index contributed by atoms with van der Waals surface area (Å²) in [5, 5.41) is 11.7. The van der Waals surface area contributed by atoms with E-state index < -0.39 is 0 Å². The lowest BCUT2D eigenvalue weighted by Gasteiger charge is -2.21. The zero-order valence-electron chi connectivity index (χ0n) is 10.9. The van der Waals surface area contributed by atoms with Gasteiger partial charge in [-0.1, -0.05) is 6.92 Å². The zero-order valence-corrected chi connectivity index (χ0v) is 10.9. The molecule has 0 unspecified atom stereocenters. The van der Waals surface area contributed by atoms with Gasteiger partial charge in [0.25, 0.3) is 0 Å². The molecule has 5 heteroatoms. The molecule has 0 spiro atoms. The summed E-state index contributed by atoms with van der Waals surface area (Å²) in [6.07, 6.45) is 1.30. The first-order chi connectivity index (χ1) is 8.13. The smallest absolute Gasteiger partial charge is 0.137 e. The third kappa shape index (κ3) is 3.06. The maximum atomic E-state index is 8.61.